The maximum atomic E-state index is 11.3. The smallest absolute Gasteiger partial charge is 0.306 e. The molecule has 0 spiro atoms. The van der Waals surface area contributed by atoms with Crippen LogP contribution in [0.3, 0.4) is 0 Å². The number of hydrogen-bond acceptors (Lipinski definition) is 2. The Morgan fingerprint density at radius 1 is 1.38 bits per heavy atom. The number of carboxylic acid groups (broad SMARTS) is 1. The summed E-state index contributed by atoms with van der Waals surface area (Å²) in [6, 6.07) is 8.34. The minimum atomic E-state index is -0.658. The summed E-state index contributed by atoms with van der Waals surface area (Å²) in [5.41, 5.74) is 1.25. The van der Waals surface area contributed by atoms with E-state index in [4.69, 9.17) is 11.6 Å². The van der Waals surface area contributed by atoms with E-state index in [1.54, 1.807) is 0 Å². The van der Waals surface area contributed by atoms with E-state index in [0.29, 0.717) is 12.5 Å². The monoisotopic (exact) mass is 309 g/mol. The Hall–Kier alpha value is -1.06. The summed E-state index contributed by atoms with van der Waals surface area (Å²) >= 11 is 5.93. The molecule has 1 aromatic rings. The zero-order chi connectivity index (χ0) is 15.2. The summed E-state index contributed by atoms with van der Waals surface area (Å²) in [5.74, 6) is -0.879. The van der Waals surface area contributed by atoms with Gasteiger partial charge in [0.05, 0.1) is 5.92 Å². The molecule has 0 amide bonds. The fourth-order valence-electron chi connectivity index (χ4n) is 3.13. The highest BCUT2D eigenvalue weighted by Crippen LogP contribution is 2.26. The zero-order valence-corrected chi connectivity index (χ0v) is 13.4. The number of halogens is 1. The summed E-state index contributed by atoms with van der Waals surface area (Å²) in [6.45, 7) is 3.91. The first kappa shape index (κ1) is 16.3. The number of carboxylic acids is 1. The van der Waals surface area contributed by atoms with Crippen LogP contribution in [0.5, 0.6) is 0 Å². The van der Waals surface area contributed by atoms with Gasteiger partial charge in [0, 0.05) is 17.6 Å². The molecule has 4 heteroatoms. The maximum Gasteiger partial charge on any atom is 0.306 e. The third-order valence-corrected chi connectivity index (χ3v) is 4.70. The second-order valence-electron chi connectivity index (χ2n) is 5.93. The van der Waals surface area contributed by atoms with E-state index >= 15 is 0 Å². The van der Waals surface area contributed by atoms with Crippen molar-refractivity contribution in [3.05, 3.63) is 34.9 Å². The van der Waals surface area contributed by atoms with Crippen molar-refractivity contribution >= 4 is 17.6 Å². The average Bonchev–Trinajstić information content (AvgIpc) is 2.48. The van der Waals surface area contributed by atoms with Gasteiger partial charge >= 0.3 is 5.97 Å². The fraction of sp³-hybridized carbons (Fsp3) is 0.588. The first-order valence-corrected chi connectivity index (χ1v) is 8.19. The van der Waals surface area contributed by atoms with Crippen LogP contribution in [-0.4, -0.2) is 28.6 Å². The van der Waals surface area contributed by atoms with Gasteiger partial charge in [-0.3, -0.25) is 9.69 Å². The molecule has 2 rings (SSSR count). The first-order valence-electron chi connectivity index (χ1n) is 7.81. The summed E-state index contributed by atoms with van der Waals surface area (Å²) in [4.78, 5) is 13.7. The Morgan fingerprint density at radius 3 is 2.71 bits per heavy atom. The van der Waals surface area contributed by atoms with Crippen LogP contribution in [0.2, 0.25) is 5.02 Å². The molecule has 1 saturated heterocycles. The maximum absolute atomic E-state index is 11.3. The fourth-order valence-corrected chi connectivity index (χ4v) is 3.26. The van der Waals surface area contributed by atoms with Crippen LogP contribution in [0, 0.1) is 5.92 Å². The number of hydrogen-bond donors (Lipinski definition) is 1. The van der Waals surface area contributed by atoms with Crippen LogP contribution in [0.25, 0.3) is 0 Å². The van der Waals surface area contributed by atoms with E-state index in [1.807, 2.05) is 19.1 Å². The number of piperidine rings is 1. The van der Waals surface area contributed by atoms with Crippen LogP contribution in [0.4, 0.5) is 0 Å². The molecular formula is C17H24ClNO2. The highest BCUT2D eigenvalue weighted by molar-refractivity contribution is 6.30. The Kier molecular flexibility index (Phi) is 6.07. The number of nitrogens with zero attached hydrogens (tertiary/aromatic N) is 1. The van der Waals surface area contributed by atoms with Gasteiger partial charge in [-0.1, -0.05) is 37.1 Å². The van der Waals surface area contributed by atoms with Gasteiger partial charge in [-0.15, -0.1) is 0 Å². The molecule has 116 valence electrons. The molecule has 2 unspecified atom stereocenters. The lowest BCUT2D eigenvalue weighted by atomic mass is 9.90. The molecule has 0 aliphatic carbocycles. The minimum absolute atomic E-state index is 0.221. The largest absolute Gasteiger partial charge is 0.481 e. The standard InChI is InChI=1S/C17H24ClNO2/c1-2-14(17(20)21)11-16-5-3-4-10-19(16)12-13-6-8-15(18)9-7-13/h6-9,14,16H,2-5,10-12H2,1H3,(H,20,21). The molecule has 0 bridgehead atoms. The number of benzene rings is 1. The van der Waals surface area contributed by atoms with Gasteiger partial charge in [-0.25, -0.2) is 0 Å². The molecule has 1 N–H and O–H groups in total. The van der Waals surface area contributed by atoms with Gasteiger partial charge < -0.3 is 5.11 Å². The van der Waals surface area contributed by atoms with E-state index in [1.165, 1.54) is 18.4 Å². The van der Waals surface area contributed by atoms with Crippen LogP contribution in [0.1, 0.15) is 44.6 Å². The van der Waals surface area contributed by atoms with E-state index in [0.717, 1.165) is 31.0 Å². The van der Waals surface area contributed by atoms with Crippen molar-refractivity contribution < 1.29 is 9.90 Å². The van der Waals surface area contributed by atoms with E-state index < -0.39 is 5.97 Å². The minimum Gasteiger partial charge on any atom is -0.481 e. The van der Waals surface area contributed by atoms with Gasteiger partial charge in [0.1, 0.15) is 0 Å². The molecule has 21 heavy (non-hydrogen) atoms. The topological polar surface area (TPSA) is 40.5 Å². The zero-order valence-electron chi connectivity index (χ0n) is 12.6. The van der Waals surface area contributed by atoms with Crippen molar-refractivity contribution in [3.8, 4) is 0 Å². The molecular weight excluding hydrogens is 286 g/mol. The Morgan fingerprint density at radius 2 is 2.10 bits per heavy atom. The predicted molar refractivity (Wildman–Crippen MR) is 85.5 cm³/mol. The summed E-state index contributed by atoms with van der Waals surface area (Å²) in [5, 5.41) is 10.0. The molecule has 2 atom stereocenters. The van der Waals surface area contributed by atoms with Crippen molar-refractivity contribution in [2.24, 2.45) is 5.92 Å². The molecule has 0 saturated carbocycles. The SMILES string of the molecule is CCC(CC1CCCCN1Cc1ccc(Cl)cc1)C(=O)O. The Bertz CT molecular complexity index is 460. The lowest BCUT2D eigenvalue weighted by molar-refractivity contribution is -0.142. The van der Waals surface area contributed by atoms with Gasteiger partial charge in [-0.05, 0) is 49.9 Å². The molecule has 1 aliphatic heterocycles. The van der Waals surface area contributed by atoms with Crippen molar-refractivity contribution in [2.75, 3.05) is 6.54 Å². The van der Waals surface area contributed by atoms with Gasteiger partial charge in [-0.2, -0.15) is 0 Å². The van der Waals surface area contributed by atoms with Crippen molar-refractivity contribution in [1.29, 1.82) is 0 Å². The van der Waals surface area contributed by atoms with Gasteiger partial charge in [0.25, 0.3) is 0 Å². The summed E-state index contributed by atoms with van der Waals surface area (Å²) in [7, 11) is 0. The lowest BCUT2D eigenvalue weighted by Crippen LogP contribution is -2.40. The van der Waals surface area contributed by atoms with E-state index in [9.17, 15) is 9.90 Å². The quantitative estimate of drug-likeness (QED) is 0.856. The molecule has 0 radical (unpaired) electrons. The van der Waals surface area contributed by atoms with Crippen LogP contribution in [-0.2, 0) is 11.3 Å². The molecule has 1 heterocycles. The summed E-state index contributed by atoms with van der Waals surface area (Å²) < 4.78 is 0. The van der Waals surface area contributed by atoms with Gasteiger partial charge in [0.2, 0.25) is 0 Å². The Balaban J connectivity index is 2.01. The normalized spacial score (nSPS) is 21.1. The predicted octanol–water partition coefficient (Wildman–Crippen LogP) is 4.20. The van der Waals surface area contributed by atoms with Crippen LogP contribution < -0.4 is 0 Å². The van der Waals surface area contributed by atoms with Crippen LogP contribution >= 0.6 is 11.6 Å². The number of aliphatic carboxylic acids is 1. The van der Waals surface area contributed by atoms with Gasteiger partial charge in [0.15, 0.2) is 0 Å². The lowest BCUT2D eigenvalue weighted by Gasteiger charge is -2.37. The molecule has 1 aromatic carbocycles. The third kappa shape index (κ3) is 4.72. The van der Waals surface area contributed by atoms with E-state index in [2.05, 4.69) is 17.0 Å². The van der Waals surface area contributed by atoms with E-state index in [-0.39, 0.29) is 5.92 Å². The number of rotatable bonds is 6. The van der Waals surface area contributed by atoms with Crippen molar-refractivity contribution in [2.45, 2.75) is 51.6 Å². The molecule has 1 fully saturated rings. The highest BCUT2D eigenvalue weighted by Gasteiger charge is 2.27. The average molecular weight is 310 g/mol. The first-order chi connectivity index (χ1) is 10.1. The van der Waals surface area contributed by atoms with Crippen LogP contribution in [0.15, 0.2) is 24.3 Å². The number of likely N-dealkylation sites (tertiary alicyclic amines) is 1. The Labute approximate surface area is 131 Å². The third-order valence-electron chi connectivity index (χ3n) is 4.45. The molecule has 1 aliphatic rings. The van der Waals surface area contributed by atoms with Crippen molar-refractivity contribution in [1.82, 2.24) is 4.90 Å². The molecule has 0 aromatic heterocycles. The highest BCUT2D eigenvalue weighted by atomic mass is 35.5. The molecule has 3 nitrogen and oxygen atoms in total. The second kappa shape index (κ2) is 7.81. The second-order valence-corrected chi connectivity index (χ2v) is 6.36. The number of carbonyl (C=O) groups is 1. The summed E-state index contributed by atoms with van der Waals surface area (Å²) in [6.07, 6.45) is 4.99. The van der Waals surface area contributed by atoms with Crippen molar-refractivity contribution in [3.63, 3.8) is 0 Å².